The van der Waals surface area contributed by atoms with Gasteiger partial charge in [-0.05, 0) is 80.1 Å². The SMILES string of the molecule is Cc1c(OCC(=O)N(C)C)ccc([C@H]2CCC[C@H]3CN(C(=O)c4ccc(C(F)(F)F)cc4)CCN32)c1C. The first kappa shape index (κ1) is 27.0. The minimum atomic E-state index is -4.42. The summed E-state index contributed by atoms with van der Waals surface area (Å²) in [4.78, 5) is 30.7. The highest BCUT2D eigenvalue weighted by atomic mass is 19.4. The van der Waals surface area contributed by atoms with Crippen molar-refractivity contribution in [2.75, 3.05) is 40.3 Å². The molecule has 2 amide bonds. The van der Waals surface area contributed by atoms with Crippen molar-refractivity contribution in [1.82, 2.24) is 14.7 Å². The predicted octanol–water partition coefficient (Wildman–Crippen LogP) is 4.84. The van der Waals surface area contributed by atoms with Gasteiger partial charge in [0.25, 0.3) is 11.8 Å². The van der Waals surface area contributed by atoms with Gasteiger partial charge in [0, 0.05) is 51.4 Å². The fourth-order valence-corrected chi connectivity index (χ4v) is 5.36. The molecule has 2 saturated heterocycles. The molecule has 2 aromatic carbocycles. The van der Waals surface area contributed by atoms with Crippen LogP contribution in [-0.2, 0) is 11.0 Å². The van der Waals surface area contributed by atoms with E-state index in [2.05, 4.69) is 17.9 Å². The Morgan fingerprint density at radius 1 is 1.00 bits per heavy atom. The van der Waals surface area contributed by atoms with Crippen LogP contribution >= 0.6 is 0 Å². The van der Waals surface area contributed by atoms with Gasteiger partial charge in [-0.25, -0.2) is 0 Å². The Morgan fingerprint density at radius 3 is 2.35 bits per heavy atom. The smallest absolute Gasteiger partial charge is 0.416 e. The van der Waals surface area contributed by atoms with E-state index in [0.29, 0.717) is 25.4 Å². The maximum Gasteiger partial charge on any atom is 0.416 e. The lowest BCUT2D eigenvalue weighted by Gasteiger charge is -2.48. The first-order valence-corrected chi connectivity index (χ1v) is 12.6. The molecule has 2 fully saturated rings. The Hall–Kier alpha value is -3.07. The Labute approximate surface area is 216 Å². The molecule has 9 heteroatoms. The number of rotatable bonds is 5. The molecule has 2 aliphatic rings. The number of piperazine rings is 1. The van der Waals surface area contributed by atoms with Crippen LogP contribution in [0.1, 0.15) is 57.9 Å². The molecule has 37 heavy (non-hydrogen) atoms. The van der Waals surface area contributed by atoms with Crippen LogP contribution in [-0.4, -0.2) is 72.9 Å². The number of hydrogen-bond donors (Lipinski definition) is 0. The molecule has 200 valence electrons. The molecule has 0 aromatic heterocycles. The quantitative estimate of drug-likeness (QED) is 0.570. The number of likely N-dealkylation sites (N-methyl/N-ethyl adjacent to an activating group) is 1. The second-order valence-electron chi connectivity index (χ2n) is 10.1. The monoisotopic (exact) mass is 517 g/mol. The molecule has 2 heterocycles. The van der Waals surface area contributed by atoms with Gasteiger partial charge in [-0.15, -0.1) is 0 Å². The number of fused-ring (bicyclic) bond motifs is 1. The lowest BCUT2D eigenvalue weighted by atomic mass is 9.86. The van der Waals surface area contributed by atoms with Crippen molar-refractivity contribution >= 4 is 11.8 Å². The Bertz CT molecular complexity index is 1150. The van der Waals surface area contributed by atoms with Crippen LogP contribution in [0.25, 0.3) is 0 Å². The van der Waals surface area contributed by atoms with E-state index < -0.39 is 11.7 Å². The van der Waals surface area contributed by atoms with Gasteiger partial charge in [0.2, 0.25) is 0 Å². The molecule has 6 nitrogen and oxygen atoms in total. The van der Waals surface area contributed by atoms with Crippen LogP contribution in [0.3, 0.4) is 0 Å². The van der Waals surface area contributed by atoms with Crippen LogP contribution < -0.4 is 4.74 Å². The number of carbonyl (C=O) groups is 2. The van der Waals surface area contributed by atoms with Crippen LogP contribution in [0, 0.1) is 13.8 Å². The zero-order chi connectivity index (χ0) is 26.9. The highest BCUT2D eigenvalue weighted by Crippen LogP contribution is 2.39. The largest absolute Gasteiger partial charge is 0.483 e. The highest BCUT2D eigenvalue weighted by molar-refractivity contribution is 5.94. The molecule has 2 aromatic rings. The Balaban J connectivity index is 1.45. The van der Waals surface area contributed by atoms with Gasteiger partial charge in [-0.1, -0.05) is 6.07 Å². The summed E-state index contributed by atoms with van der Waals surface area (Å²) in [5, 5.41) is 0. The number of amides is 2. The fourth-order valence-electron chi connectivity index (χ4n) is 5.36. The molecule has 0 unspecified atom stereocenters. The van der Waals surface area contributed by atoms with E-state index in [9.17, 15) is 22.8 Å². The second-order valence-corrected chi connectivity index (χ2v) is 10.1. The first-order chi connectivity index (χ1) is 17.5. The molecule has 4 rings (SSSR count). The van der Waals surface area contributed by atoms with E-state index >= 15 is 0 Å². The van der Waals surface area contributed by atoms with Crippen LogP contribution in [0.15, 0.2) is 36.4 Å². The maximum absolute atomic E-state index is 13.1. The number of halogens is 3. The molecule has 0 radical (unpaired) electrons. The zero-order valence-electron chi connectivity index (χ0n) is 21.8. The lowest BCUT2D eigenvalue weighted by Crippen LogP contribution is -2.57. The maximum atomic E-state index is 13.1. The standard InChI is InChI=1S/C28H34F3N3O3/c1-18-19(2)25(37-17-26(35)32(3)4)13-12-23(18)24-7-5-6-22-16-33(14-15-34(22)24)27(36)20-8-10-21(11-9-20)28(29,30)31/h8-13,22,24H,5-7,14-17H2,1-4H3/t22-,24+/m0/s1. The van der Waals surface area contributed by atoms with Crippen molar-refractivity contribution in [3.63, 3.8) is 0 Å². The second kappa shape index (κ2) is 10.7. The van der Waals surface area contributed by atoms with Crippen LogP contribution in [0.2, 0.25) is 0 Å². The third-order valence-electron chi connectivity index (χ3n) is 7.68. The fraction of sp³-hybridized carbons (Fsp3) is 0.500. The third-order valence-corrected chi connectivity index (χ3v) is 7.68. The average Bonchev–Trinajstić information content (AvgIpc) is 2.88. The summed E-state index contributed by atoms with van der Waals surface area (Å²) in [5.41, 5.74) is 2.92. The molecule has 0 aliphatic carbocycles. The molecule has 0 N–H and O–H groups in total. The Morgan fingerprint density at radius 2 is 1.70 bits per heavy atom. The van der Waals surface area contributed by atoms with Crippen molar-refractivity contribution < 1.29 is 27.5 Å². The van der Waals surface area contributed by atoms with Crippen LogP contribution in [0.5, 0.6) is 5.75 Å². The summed E-state index contributed by atoms with van der Waals surface area (Å²) < 4.78 is 44.5. The summed E-state index contributed by atoms with van der Waals surface area (Å²) >= 11 is 0. The molecule has 2 aliphatic heterocycles. The number of nitrogens with zero attached hydrogens (tertiary/aromatic N) is 3. The number of alkyl halides is 3. The van der Waals surface area contributed by atoms with Crippen molar-refractivity contribution in [3.05, 3.63) is 64.2 Å². The van der Waals surface area contributed by atoms with E-state index in [0.717, 1.165) is 42.5 Å². The topological polar surface area (TPSA) is 53.1 Å². The molecular weight excluding hydrogens is 483 g/mol. The van der Waals surface area contributed by atoms with Gasteiger partial charge in [0.15, 0.2) is 6.61 Å². The van der Waals surface area contributed by atoms with E-state index in [4.69, 9.17) is 4.74 Å². The van der Waals surface area contributed by atoms with Gasteiger partial charge in [0.1, 0.15) is 5.75 Å². The van der Waals surface area contributed by atoms with E-state index in [1.54, 1.807) is 19.0 Å². The molecule has 0 saturated carbocycles. The van der Waals surface area contributed by atoms with Crippen molar-refractivity contribution in [1.29, 1.82) is 0 Å². The molecular formula is C28H34F3N3O3. The molecule has 0 spiro atoms. The summed E-state index contributed by atoms with van der Waals surface area (Å²) in [5.74, 6) is 0.382. The van der Waals surface area contributed by atoms with Crippen molar-refractivity contribution in [2.45, 2.75) is 51.4 Å². The Kier molecular flexibility index (Phi) is 7.83. The van der Waals surface area contributed by atoms with Gasteiger partial charge < -0.3 is 14.5 Å². The minimum absolute atomic E-state index is 0.00690. The molecule has 0 bridgehead atoms. The number of benzene rings is 2. The number of piperidine rings is 1. The van der Waals surface area contributed by atoms with Crippen molar-refractivity contribution in [3.8, 4) is 5.75 Å². The summed E-state index contributed by atoms with van der Waals surface area (Å²) in [6.45, 7) is 5.87. The number of hydrogen-bond acceptors (Lipinski definition) is 4. The third kappa shape index (κ3) is 5.76. The lowest BCUT2D eigenvalue weighted by molar-refractivity contribution is -0.137. The summed E-state index contributed by atoms with van der Waals surface area (Å²) in [7, 11) is 3.40. The van der Waals surface area contributed by atoms with Crippen LogP contribution in [0.4, 0.5) is 13.2 Å². The van der Waals surface area contributed by atoms with Gasteiger partial charge in [-0.3, -0.25) is 14.5 Å². The van der Waals surface area contributed by atoms with Crippen molar-refractivity contribution in [2.24, 2.45) is 0 Å². The minimum Gasteiger partial charge on any atom is -0.483 e. The normalized spacial score (nSPS) is 20.4. The highest BCUT2D eigenvalue weighted by Gasteiger charge is 2.38. The first-order valence-electron chi connectivity index (χ1n) is 12.6. The van der Waals surface area contributed by atoms with E-state index in [-0.39, 0.29) is 36.1 Å². The summed E-state index contributed by atoms with van der Waals surface area (Å²) in [6.07, 6.45) is -1.40. The number of carbonyl (C=O) groups excluding carboxylic acids is 2. The predicted molar refractivity (Wildman–Crippen MR) is 135 cm³/mol. The zero-order valence-corrected chi connectivity index (χ0v) is 21.8. The summed E-state index contributed by atoms with van der Waals surface area (Å²) in [6, 6.07) is 8.91. The number of ether oxygens (including phenoxy) is 1. The van der Waals surface area contributed by atoms with E-state index in [1.807, 2.05) is 13.0 Å². The van der Waals surface area contributed by atoms with Gasteiger partial charge >= 0.3 is 6.18 Å². The van der Waals surface area contributed by atoms with E-state index in [1.165, 1.54) is 22.6 Å². The average molecular weight is 518 g/mol. The molecule has 2 atom stereocenters. The van der Waals surface area contributed by atoms with Gasteiger partial charge in [-0.2, -0.15) is 13.2 Å². The van der Waals surface area contributed by atoms with Gasteiger partial charge in [0.05, 0.1) is 5.56 Å².